The number of nitrogens with zero attached hydrogens (tertiary/aromatic N) is 6. The molecule has 0 radical (unpaired) electrons. The van der Waals surface area contributed by atoms with Crippen LogP contribution in [-0.4, -0.2) is 90.0 Å². The van der Waals surface area contributed by atoms with E-state index in [1.165, 1.54) is 8.61 Å². The lowest BCUT2D eigenvalue weighted by Gasteiger charge is -2.42. The Labute approximate surface area is 155 Å². The van der Waals surface area contributed by atoms with Crippen molar-refractivity contribution in [3.8, 4) is 0 Å². The van der Waals surface area contributed by atoms with E-state index in [4.69, 9.17) is 0 Å². The number of piperidine rings is 1. The molecule has 146 valence electrons. The zero-order valence-electron chi connectivity index (χ0n) is 15.7. The topological polar surface area (TPSA) is 82.0 Å². The third kappa shape index (κ3) is 3.64. The molecule has 10 heteroatoms. The van der Waals surface area contributed by atoms with Crippen LogP contribution in [0.15, 0.2) is 12.4 Å². The number of amides is 1. The Hall–Kier alpha value is -1.49. The Bertz CT molecular complexity index is 741. The average Bonchev–Trinajstić information content (AvgIpc) is 3.07. The molecule has 1 unspecified atom stereocenters. The molecule has 2 aliphatic rings. The third-order valence-electron chi connectivity index (χ3n) is 5.29. The molecule has 9 nitrogen and oxygen atoms in total. The summed E-state index contributed by atoms with van der Waals surface area (Å²) in [7, 11) is 0.0339. The molecule has 3 rings (SSSR count). The molecule has 0 spiro atoms. The number of hydrogen-bond donors (Lipinski definition) is 0. The van der Waals surface area contributed by atoms with Gasteiger partial charge < -0.3 is 4.90 Å². The Morgan fingerprint density at radius 1 is 1.23 bits per heavy atom. The highest BCUT2D eigenvalue weighted by Gasteiger charge is 2.38. The molecule has 0 bridgehead atoms. The fourth-order valence-electron chi connectivity index (χ4n) is 3.61. The number of piperazine rings is 1. The molecule has 0 saturated carbocycles. The van der Waals surface area contributed by atoms with Gasteiger partial charge in [0.15, 0.2) is 0 Å². The fourth-order valence-corrected chi connectivity index (χ4v) is 4.95. The van der Waals surface area contributed by atoms with Crippen LogP contribution in [0, 0.1) is 0 Å². The summed E-state index contributed by atoms with van der Waals surface area (Å²) in [5.41, 5.74) is 0.827. The first-order chi connectivity index (χ1) is 12.3. The van der Waals surface area contributed by atoms with E-state index in [2.05, 4.69) is 10.00 Å². The van der Waals surface area contributed by atoms with Gasteiger partial charge in [-0.05, 0) is 12.8 Å². The molecule has 0 aliphatic carbocycles. The van der Waals surface area contributed by atoms with Crippen LogP contribution >= 0.6 is 0 Å². The van der Waals surface area contributed by atoms with Crippen molar-refractivity contribution in [2.24, 2.45) is 7.05 Å². The molecule has 0 N–H and O–H groups in total. The summed E-state index contributed by atoms with van der Waals surface area (Å²) in [6.45, 7) is 4.97. The first kappa shape index (κ1) is 19.3. The molecule has 3 heterocycles. The van der Waals surface area contributed by atoms with Crippen molar-refractivity contribution in [3.05, 3.63) is 12.4 Å². The van der Waals surface area contributed by atoms with Gasteiger partial charge in [0.2, 0.25) is 5.91 Å². The number of hydrogen-bond acceptors (Lipinski definition) is 5. The summed E-state index contributed by atoms with van der Waals surface area (Å²) in [4.78, 5) is 16.9. The van der Waals surface area contributed by atoms with Gasteiger partial charge in [0.25, 0.3) is 10.2 Å². The van der Waals surface area contributed by atoms with Gasteiger partial charge in [-0.2, -0.15) is 22.1 Å². The largest absolute Gasteiger partial charge is 0.308 e. The van der Waals surface area contributed by atoms with E-state index in [1.54, 1.807) is 22.8 Å². The number of rotatable bonds is 5. The highest BCUT2D eigenvalue weighted by molar-refractivity contribution is 7.86. The standard InChI is InChI=1S/C16H28N6O3S/c1-4-19(3)26(24,25)21-10-8-20(9-11-21)15-6-5-7-22(16(15)23)14-12-17-18(2)13-14/h12-13,15H,4-11H2,1-3H3. The normalized spacial score (nSPS) is 23.8. The summed E-state index contributed by atoms with van der Waals surface area (Å²) in [5.74, 6) is 0.0891. The Balaban J connectivity index is 1.65. The predicted molar refractivity (Wildman–Crippen MR) is 99.0 cm³/mol. The zero-order valence-corrected chi connectivity index (χ0v) is 16.5. The average molecular weight is 385 g/mol. The van der Waals surface area contributed by atoms with Crippen LogP contribution in [0.5, 0.6) is 0 Å². The van der Waals surface area contributed by atoms with Gasteiger partial charge in [0, 0.05) is 59.6 Å². The highest BCUT2D eigenvalue weighted by atomic mass is 32.2. The van der Waals surface area contributed by atoms with Crippen molar-refractivity contribution in [2.45, 2.75) is 25.8 Å². The lowest BCUT2D eigenvalue weighted by molar-refractivity contribution is -0.125. The fraction of sp³-hybridized carbons (Fsp3) is 0.750. The minimum Gasteiger partial charge on any atom is -0.308 e. The third-order valence-corrected chi connectivity index (χ3v) is 7.36. The second kappa shape index (κ2) is 7.63. The lowest BCUT2D eigenvalue weighted by atomic mass is 10.0. The summed E-state index contributed by atoms with van der Waals surface area (Å²) in [5, 5.41) is 4.16. The Morgan fingerprint density at radius 2 is 1.92 bits per heavy atom. The van der Waals surface area contributed by atoms with E-state index < -0.39 is 10.2 Å². The molecule has 1 aromatic heterocycles. The van der Waals surface area contributed by atoms with Crippen molar-refractivity contribution < 1.29 is 13.2 Å². The maximum absolute atomic E-state index is 13.0. The van der Waals surface area contributed by atoms with Crippen LogP contribution in [0.25, 0.3) is 0 Å². The van der Waals surface area contributed by atoms with Gasteiger partial charge in [-0.1, -0.05) is 6.92 Å². The first-order valence-corrected chi connectivity index (χ1v) is 10.5. The summed E-state index contributed by atoms with van der Waals surface area (Å²) in [6, 6.07) is -0.183. The van der Waals surface area contributed by atoms with Crippen LogP contribution < -0.4 is 4.90 Å². The van der Waals surface area contributed by atoms with E-state index in [9.17, 15) is 13.2 Å². The van der Waals surface area contributed by atoms with Gasteiger partial charge in [-0.15, -0.1) is 0 Å². The molecule has 26 heavy (non-hydrogen) atoms. The number of carbonyl (C=O) groups is 1. The van der Waals surface area contributed by atoms with E-state index in [1.807, 2.05) is 20.2 Å². The van der Waals surface area contributed by atoms with E-state index in [0.717, 1.165) is 18.5 Å². The Kier molecular flexibility index (Phi) is 5.66. The molecular weight excluding hydrogens is 356 g/mol. The second-order valence-corrected chi connectivity index (χ2v) is 8.91. The van der Waals surface area contributed by atoms with Crippen molar-refractivity contribution in [1.82, 2.24) is 23.3 Å². The van der Waals surface area contributed by atoms with Crippen LogP contribution in [0.4, 0.5) is 5.69 Å². The van der Waals surface area contributed by atoms with Gasteiger partial charge >= 0.3 is 0 Å². The maximum atomic E-state index is 13.0. The molecule has 1 aromatic rings. The van der Waals surface area contributed by atoms with Crippen molar-refractivity contribution >= 4 is 21.8 Å². The quantitative estimate of drug-likeness (QED) is 0.698. The molecule has 0 aromatic carbocycles. The summed E-state index contributed by atoms with van der Waals surface area (Å²) in [6.07, 6.45) is 5.32. The second-order valence-electron chi connectivity index (χ2n) is 6.88. The molecular formula is C16H28N6O3S. The molecule has 2 saturated heterocycles. The number of aryl methyl sites for hydroxylation is 1. The molecule has 1 amide bonds. The lowest BCUT2D eigenvalue weighted by Crippen LogP contribution is -2.59. The van der Waals surface area contributed by atoms with Crippen LogP contribution in [-0.2, 0) is 22.1 Å². The van der Waals surface area contributed by atoms with Gasteiger partial charge in [0.1, 0.15) is 0 Å². The predicted octanol–water partition coefficient (Wildman–Crippen LogP) is -0.270. The van der Waals surface area contributed by atoms with E-state index >= 15 is 0 Å². The van der Waals surface area contributed by atoms with Gasteiger partial charge in [0.05, 0.1) is 17.9 Å². The van der Waals surface area contributed by atoms with Crippen molar-refractivity contribution in [3.63, 3.8) is 0 Å². The van der Waals surface area contributed by atoms with Crippen LogP contribution in [0.2, 0.25) is 0 Å². The van der Waals surface area contributed by atoms with E-state index in [-0.39, 0.29) is 11.9 Å². The number of aromatic nitrogens is 2. The minimum absolute atomic E-state index is 0.0891. The summed E-state index contributed by atoms with van der Waals surface area (Å²) < 4.78 is 29.5. The maximum Gasteiger partial charge on any atom is 0.281 e. The number of anilines is 1. The SMILES string of the molecule is CCN(C)S(=O)(=O)N1CCN(C2CCCN(c3cnn(C)c3)C2=O)CC1. The van der Waals surface area contributed by atoms with Crippen LogP contribution in [0.1, 0.15) is 19.8 Å². The Morgan fingerprint density at radius 3 is 2.50 bits per heavy atom. The zero-order chi connectivity index (χ0) is 18.9. The first-order valence-electron chi connectivity index (χ1n) is 9.10. The van der Waals surface area contributed by atoms with Crippen molar-refractivity contribution in [1.29, 1.82) is 0 Å². The highest BCUT2D eigenvalue weighted by Crippen LogP contribution is 2.24. The molecule has 2 aliphatic heterocycles. The molecule has 2 fully saturated rings. The number of carbonyl (C=O) groups excluding carboxylic acids is 1. The molecule has 1 atom stereocenters. The van der Waals surface area contributed by atoms with E-state index in [0.29, 0.717) is 39.3 Å². The minimum atomic E-state index is -3.40. The summed E-state index contributed by atoms with van der Waals surface area (Å²) >= 11 is 0. The van der Waals surface area contributed by atoms with Gasteiger partial charge in [-0.3, -0.25) is 14.4 Å². The van der Waals surface area contributed by atoms with Crippen LogP contribution in [0.3, 0.4) is 0 Å². The smallest absolute Gasteiger partial charge is 0.281 e. The van der Waals surface area contributed by atoms with Gasteiger partial charge in [-0.25, -0.2) is 0 Å². The monoisotopic (exact) mass is 384 g/mol. The van der Waals surface area contributed by atoms with Crippen molar-refractivity contribution in [2.75, 3.05) is 51.2 Å².